The van der Waals surface area contributed by atoms with Crippen molar-refractivity contribution in [3.05, 3.63) is 112 Å². The third kappa shape index (κ3) is 4.43. The number of amides is 2. The normalized spacial score (nSPS) is 13.2. The highest BCUT2D eigenvalue weighted by atomic mass is 16.2. The Bertz CT molecular complexity index is 1490. The van der Waals surface area contributed by atoms with E-state index in [0.717, 1.165) is 28.8 Å². The SMILES string of the molecule is Cc1ccc(-c2cc(NC(=O)c3ccccc3)c(=O)n(C(C)C(=O)N3CCc4ccccc43)n2)cc1. The van der Waals surface area contributed by atoms with Crippen LogP contribution in [0.3, 0.4) is 0 Å². The van der Waals surface area contributed by atoms with Crippen molar-refractivity contribution in [3.63, 3.8) is 0 Å². The highest BCUT2D eigenvalue weighted by Crippen LogP contribution is 2.29. The zero-order chi connectivity index (χ0) is 25.2. The predicted molar refractivity (Wildman–Crippen MR) is 140 cm³/mol. The zero-order valence-corrected chi connectivity index (χ0v) is 20.1. The number of aryl methyl sites for hydroxylation is 1. The molecule has 0 saturated carbocycles. The van der Waals surface area contributed by atoms with Crippen LogP contribution in [0.4, 0.5) is 11.4 Å². The number of rotatable bonds is 5. The van der Waals surface area contributed by atoms with E-state index in [1.54, 1.807) is 42.2 Å². The second-order valence-electron chi connectivity index (χ2n) is 8.92. The van der Waals surface area contributed by atoms with Gasteiger partial charge in [-0.15, -0.1) is 0 Å². The summed E-state index contributed by atoms with van der Waals surface area (Å²) in [5, 5.41) is 7.30. The molecule has 1 aromatic heterocycles. The van der Waals surface area contributed by atoms with Crippen LogP contribution in [0.1, 0.15) is 34.5 Å². The van der Waals surface area contributed by atoms with E-state index in [1.165, 1.54) is 4.68 Å². The summed E-state index contributed by atoms with van der Waals surface area (Å²) < 4.78 is 1.18. The van der Waals surface area contributed by atoms with Crippen LogP contribution < -0.4 is 15.8 Å². The van der Waals surface area contributed by atoms with Gasteiger partial charge in [-0.05, 0) is 50.1 Å². The fourth-order valence-corrected chi connectivity index (χ4v) is 4.41. The van der Waals surface area contributed by atoms with Gasteiger partial charge in [-0.3, -0.25) is 14.4 Å². The van der Waals surface area contributed by atoms with E-state index in [-0.39, 0.29) is 11.6 Å². The number of carbonyl (C=O) groups is 2. The van der Waals surface area contributed by atoms with Crippen LogP contribution in [0, 0.1) is 6.92 Å². The maximum absolute atomic E-state index is 13.5. The van der Waals surface area contributed by atoms with Crippen molar-refractivity contribution in [2.24, 2.45) is 0 Å². The fourth-order valence-electron chi connectivity index (χ4n) is 4.41. The van der Waals surface area contributed by atoms with E-state index in [4.69, 9.17) is 0 Å². The Hall–Kier alpha value is -4.52. The Morgan fingerprint density at radius 1 is 0.944 bits per heavy atom. The summed E-state index contributed by atoms with van der Waals surface area (Å²) in [6, 6.07) is 24.8. The number of benzene rings is 3. The minimum atomic E-state index is -0.874. The topological polar surface area (TPSA) is 84.3 Å². The largest absolute Gasteiger partial charge is 0.317 e. The molecular formula is C29H26N4O3. The summed E-state index contributed by atoms with van der Waals surface area (Å²) in [4.78, 5) is 41.6. The first-order valence-corrected chi connectivity index (χ1v) is 11.9. The van der Waals surface area contributed by atoms with Crippen molar-refractivity contribution < 1.29 is 9.59 Å². The monoisotopic (exact) mass is 478 g/mol. The molecule has 1 aliphatic rings. The first kappa shape index (κ1) is 23.2. The van der Waals surface area contributed by atoms with Gasteiger partial charge in [0.2, 0.25) is 0 Å². The van der Waals surface area contributed by atoms with E-state index in [0.29, 0.717) is 17.8 Å². The molecule has 7 heteroatoms. The molecule has 36 heavy (non-hydrogen) atoms. The number of fused-ring (bicyclic) bond motifs is 1. The van der Waals surface area contributed by atoms with Crippen LogP contribution in [-0.4, -0.2) is 28.1 Å². The van der Waals surface area contributed by atoms with Crippen LogP contribution in [0.15, 0.2) is 89.7 Å². The number of hydrogen-bond acceptors (Lipinski definition) is 4. The van der Waals surface area contributed by atoms with Crippen molar-refractivity contribution in [2.45, 2.75) is 26.3 Å². The van der Waals surface area contributed by atoms with Crippen LogP contribution >= 0.6 is 0 Å². The lowest BCUT2D eigenvalue weighted by atomic mass is 10.1. The Balaban J connectivity index is 1.55. The summed E-state index contributed by atoms with van der Waals surface area (Å²) in [5.74, 6) is -0.635. The molecule has 7 nitrogen and oxygen atoms in total. The number of nitrogens with one attached hydrogen (secondary N) is 1. The van der Waals surface area contributed by atoms with Gasteiger partial charge in [-0.25, -0.2) is 4.68 Å². The summed E-state index contributed by atoms with van der Waals surface area (Å²) >= 11 is 0. The molecule has 0 spiro atoms. The molecule has 180 valence electrons. The fraction of sp³-hybridized carbons (Fsp3) is 0.172. The van der Waals surface area contributed by atoms with E-state index < -0.39 is 17.5 Å². The van der Waals surface area contributed by atoms with Gasteiger partial charge in [-0.2, -0.15) is 5.10 Å². The molecule has 0 fully saturated rings. The van der Waals surface area contributed by atoms with Crippen LogP contribution in [0.2, 0.25) is 0 Å². The van der Waals surface area contributed by atoms with Gasteiger partial charge < -0.3 is 10.2 Å². The van der Waals surface area contributed by atoms with E-state index >= 15 is 0 Å². The maximum atomic E-state index is 13.5. The molecular weight excluding hydrogens is 452 g/mol. The summed E-state index contributed by atoms with van der Waals surface area (Å²) in [7, 11) is 0. The van der Waals surface area contributed by atoms with E-state index in [2.05, 4.69) is 10.4 Å². The summed E-state index contributed by atoms with van der Waals surface area (Å²) in [6.07, 6.45) is 0.763. The van der Waals surface area contributed by atoms with Gasteiger partial charge in [-0.1, -0.05) is 66.2 Å². The minimum Gasteiger partial charge on any atom is -0.317 e. The van der Waals surface area contributed by atoms with Crippen LogP contribution in [0.5, 0.6) is 0 Å². The molecule has 0 radical (unpaired) electrons. The van der Waals surface area contributed by atoms with Crippen molar-refractivity contribution >= 4 is 23.2 Å². The lowest BCUT2D eigenvalue weighted by Gasteiger charge is -2.23. The van der Waals surface area contributed by atoms with Gasteiger partial charge in [0.15, 0.2) is 0 Å². The van der Waals surface area contributed by atoms with Crippen LogP contribution in [-0.2, 0) is 11.2 Å². The number of nitrogens with zero attached hydrogens (tertiary/aromatic N) is 3. The molecule has 1 atom stereocenters. The first-order chi connectivity index (χ1) is 17.4. The third-order valence-electron chi connectivity index (χ3n) is 6.44. The van der Waals surface area contributed by atoms with Gasteiger partial charge in [0.25, 0.3) is 17.4 Å². The van der Waals surface area contributed by atoms with Gasteiger partial charge in [0.1, 0.15) is 11.7 Å². The molecule has 0 bridgehead atoms. The molecule has 4 aromatic rings. The summed E-state index contributed by atoms with van der Waals surface area (Å²) in [5.41, 5.74) is 4.25. The molecule has 0 aliphatic carbocycles. The summed E-state index contributed by atoms with van der Waals surface area (Å²) in [6.45, 7) is 4.20. The Morgan fingerprint density at radius 3 is 2.39 bits per heavy atom. The molecule has 2 heterocycles. The Kier molecular flexibility index (Phi) is 6.21. The number of carbonyl (C=O) groups excluding carboxylic acids is 2. The van der Waals surface area contributed by atoms with E-state index in [9.17, 15) is 14.4 Å². The molecule has 5 rings (SSSR count). The Labute approximate surface area is 209 Å². The molecule has 1 unspecified atom stereocenters. The first-order valence-electron chi connectivity index (χ1n) is 11.9. The lowest BCUT2D eigenvalue weighted by molar-refractivity contribution is -0.121. The number of anilines is 2. The molecule has 3 aromatic carbocycles. The van der Waals surface area contributed by atoms with Crippen molar-refractivity contribution in [3.8, 4) is 11.3 Å². The average molecular weight is 479 g/mol. The molecule has 2 amide bonds. The standard InChI is InChI=1S/C29H26N4O3/c1-19-12-14-21(15-13-19)24-18-25(30-27(34)23-9-4-3-5-10-23)29(36)33(31-24)20(2)28(35)32-17-16-22-8-6-7-11-26(22)32/h3-15,18,20H,16-17H2,1-2H3,(H,30,34). The minimum absolute atomic E-state index is 0.0656. The average Bonchev–Trinajstić information content (AvgIpc) is 3.34. The number of para-hydroxylation sites is 1. The smallest absolute Gasteiger partial charge is 0.291 e. The molecule has 1 N–H and O–H groups in total. The second-order valence-corrected chi connectivity index (χ2v) is 8.92. The Morgan fingerprint density at radius 2 is 1.64 bits per heavy atom. The van der Waals surface area contributed by atoms with Gasteiger partial charge in [0.05, 0.1) is 5.69 Å². The zero-order valence-electron chi connectivity index (χ0n) is 20.1. The predicted octanol–water partition coefficient (Wildman–Crippen LogP) is 4.62. The van der Waals surface area contributed by atoms with E-state index in [1.807, 2.05) is 61.5 Å². The number of hydrogen-bond donors (Lipinski definition) is 1. The second kappa shape index (κ2) is 9.62. The molecule has 1 aliphatic heterocycles. The lowest BCUT2D eigenvalue weighted by Crippen LogP contribution is -2.40. The quantitative estimate of drug-likeness (QED) is 0.454. The highest BCUT2D eigenvalue weighted by molar-refractivity contribution is 6.04. The highest BCUT2D eigenvalue weighted by Gasteiger charge is 2.30. The molecule has 0 saturated heterocycles. The number of aromatic nitrogens is 2. The van der Waals surface area contributed by atoms with Gasteiger partial charge in [0, 0.05) is 23.4 Å². The van der Waals surface area contributed by atoms with Crippen molar-refractivity contribution in [1.29, 1.82) is 0 Å². The third-order valence-corrected chi connectivity index (χ3v) is 6.44. The van der Waals surface area contributed by atoms with Gasteiger partial charge >= 0.3 is 0 Å². The van der Waals surface area contributed by atoms with Crippen molar-refractivity contribution in [2.75, 3.05) is 16.8 Å². The maximum Gasteiger partial charge on any atom is 0.291 e. The van der Waals surface area contributed by atoms with Crippen molar-refractivity contribution in [1.82, 2.24) is 9.78 Å². The van der Waals surface area contributed by atoms with Crippen LogP contribution in [0.25, 0.3) is 11.3 Å².